The number of hydrogen-bond acceptors (Lipinski definition) is 3. The molecule has 0 spiro atoms. The molecule has 0 aromatic heterocycles. The van der Waals surface area contributed by atoms with E-state index in [-0.39, 0.29) is 18.6 Å². The lowest BCUT2D eigenvalue weighted by Crippen LogP contribution is -2.68. The van der Waals surface area contributed by atoms with Crippen molar-refractivity contribution < 1.29 is 14.3 Å². The first-order valence-electron chi connectivity index (χ1n) is 7.73. The molecule has 3 rings (SSSR count). The first-order chi connectivity index (χ1) is 11.7. The molecular formula is C19H18N2O3. The monoisotopic (exact) mass is 322 g/mol. The van der Waals surface area contributed by atoms with Crippen LogP contribution in [0, 0.1) is 0 Å². The van der Waals surface area contributed by atoms with Crippen LogP contribution in [0.5, 0.6) is 0 Å². The van der Waals surface area contributed by atoms with Gasteiger partial charge >= 0.3 is 6.09 Å². The maximum Gasteiger partial charge on any atom is 0.408 e. The average Bonchev–Trinajstić information content (AvgIpc) is 2.63. The minimum absolute atomic E-state index is 0.172. The molecule has 0 unspecified atom stereocenters. The van der Waals surface area contributed by atoms with Gasteiger partial charge in [-0.15, -0.1) is 0 Å². The molecule has 2 atom stereocenters. The van der Waals surface area contributed by atoms with Crippen LogP contribution >= 0.6 is 0 Å². The third-order valence-corrected chi connectivity index (χ3v) is 3.73. The Bertz CT molecular complexity index is 729. The van der Waals surface area contributed by atoms with Gasteiger partial charge in [-0.3, -0.25) is 4.79 Å². The third kappa shape index (κ3) is 4.01. The van der Waals surface area contributed by atoms with E-state index in [9.17, 15) is 9.59 Å². The molecule has 2 aromatic rings. The first-order valence-corrected chi connectivity index (χ1v) is 7.73. The number of amides is 2. The summed E-state index contributed by atoms with van der Waals surface area (Å²) >= 11 is 0. The predicted molar refractivity (Wildman–Crippen MR) is 91.0 cm³/mol. The van der Waals surface area contributed by atoms with Gasteiger partial charge in [0.15, 0.2) is 0 Å². The third-order valence-electron chi connectivity index (χ3n) is 3.73. The zero-order valence-electron chi connectivity index (χ0n) is 13.0. The van der Waals surface area contributed by atoms with Crippen LogP contribution in [0.2, 0.25) is 0 Å². The van der Waals surface area contributed by atoms with E-state index >= 15 is 0 Å². The van der Waals surface area contributed by atoms with Crippen molar-refractivity contribution in [1.29, 1.82) is 0 Å². The van der Waals surface area contributed by atoms with Crippen LogP contribution < -0.4 is 10.6 Å². The molecule has 2 aromatic carbocycles. The minimum atomic E-state index is -0.603. The fourth-order valence-corrected chi connectivity index (χ4v) is 2.39. The van der Waals surface area contributed by atoms with Crippen molar-refractivity contribution in [2.45, 2.75) is 18.7 Å². The number of β-lactam (4-membered cyclic amide) rings is 1. The number of rotatable bonds is 5. The van der Waals surface area contributed by atoms with E-state index < -0.39 is 12.1 Å². The average molecular weight is 322 g/mol. The van der Waals surface area contributed by atoms with E-state index in [1.165, 1.54) is 0 Å². The summed E-state index contributed by atoms with van der Waals surface area (Å²) in [5.41, 5.74) is 1.93. The summed E-state index contributed by atoms with van der Waals surface area (Å²) < 4.78 is 5.14. The maximum atomic E-state index is 11.8. The standard InChI is InChI=1S/C19H18N2O3/c22-18-17(16(20-18)12-11-14-7-3-1-4-8-14)21-19(23)24-13-15-9-5-2-6-10-15/h1-12,16-17H,13H2,(H,20,22)(H,21,23)/t16-,17+/m0/s1. The summed E-state index contributed by atoms with van der Waals surface area (Å²) in [6.45, 7) is 0.172. The molecule has 1 fully saturated rings. The molecule has 122 valence electrons. The Morgan fingerprint density at radius 2 is 1.75 bits per heavy atom. The van der Waals surface area contributed by atoms with E-state index in [1.54, 1.807) is 0 Å². The van der Waals surface area contributed by atoms with Gasteiger partial charge in [0.25, 0.3) is 0 Å². The number of hydrogen-bond donors (Lipinski definition) is 2. The Balaban J connectivity index is 1.50. The molecule has 2 N–H and O–H groups in total. The fraction of sp³-hybridized carbons (Fsp3) is 0.158. The Morgan fingerprint density at radius 1 is 1.08 bits per heavy atom. The Morgan fingerprint density at radius 3 is 2.42 bits per heavy atom. The molecule has 1 aliphatic rings. The Hall–Kier alpha value is -3.08. The summed E-state index contributed by atoms with van der Waals surface area (Å²) in [7, 11) is 0. The number of carbonyl (C=O) groups excluding carboxylic acids is 2. The van der Waals surface area contributed by atoms with Crippen LogP contribution in [0.3, 0.4) is 0 Å². The molecular weight excluding hydrogens is 304 g/mol. The zero-order valence-corrected chi connectivity index (χ0v) is 13.0. The van der Waals surface area contributed by atoms with Gasteiger partial charge in [-0.25, -0.2) is 4.79 Å². The van der Waals surface area contributed by atoms with Crippen molar-refractivity contribution in [3.05, 3.63) is 77.9 Å². The lowest BCUT2D eigenvalue weighted by molar-refractivity contribution is -0.130. The van der Waals surface area contributed by atoms with Crippen LogP contribution in [0.1, 0.15) is 11.1 Å². The fourth-order valence-electron chi connectivity index (χ4n) is 2.39. The van der Waals surface area contributed by atoms with E-state index in [0.29, 0.717) is 0 Å². The summed E-state index contributed by atoms with van der Waals surface area (Å²) in [5.74, 6) is -0.214. The second-order valence-electron chi connectivity index (χ2n) is 5.49. The minimum Gasteiger partial charge on any atom is -0.445 e. The molecule has 1 heterocycles. The Kier molecular flexibility index (Phi) is 4.91. The molecule has 5 nitrogen and oxygen atoms in total. The second kappa shape index (κ2) is 7.46. The second-order valence-corrected chi connectivity index (χ2v) is 5.49. The van der Waals surface area contributed by atoms with Gasteiger partial charge in [0.1, 0.15) is 12.6 Å². The maximum absolute atomic E-state index is 11.8. The number of carbonyl (C=O) groups is 2. The first kappa shape index (κ1) is 15.8. The smallest absolute Gasteiger partial charge is 0.408 e. The van der Waals surface area contributed by atoms with E-state index in [4.69, 9.17) is 4.74 Å². The topological polar surface area (TPSA) is 67.4 Å². The van der Waals surface area contributed by atoms with Crippen LogP contribution in [-0.2, 0) is 16.1 Å². The van der Waals surface area contributed by atoms with Crippen LogP contribution in [0.25, 0.3) is 6.08 Å². The zero-order chi connectivity index (χ0) is 16.8. The van der Waals surface area contributed by atoms with Crippen molar-refractivity contribution in [1.82, 2.24) is 10.6 Å². The normalized spacial score (nSPS) is 19.4. The number of benzene rings is 2. The SMILES string of the molecule is O=C(N[C@H]1C(=O)N[C@H]1C=Cc1ccccc1)OCc1ccccc1. The van der Waals surface area contributed by atoms with Gasteiger partial charge in [0.2, 0.25) is 5.91 Å². The lowest BCUT2D eigenvalue weighted by atomic mass is 9.98. The highest BCUT2D eigenvalue weighted by Crippen LogP contribution is 2.11. The summed E-state index contributed by atoms with van der Waals surface area (Å²) in [6.07, 6.45) is 3.17. The number of ether oxygens (including phenoxy) is 1. The van der Waals surface area contributed by atoms with Gasteiger partial charge in [-0.05, 0) is 11.1 Å². The molecule has 0 radical (unpaired) electrons. The van der Waals surface area contributed by atoms with Crippen molar-refractivity contribution in [2.24, 2.45) is 0 Å². The molecule has 1 aliphatic heterocycles. The van der Waals surface area contributed by atoms with Gasteiger partial charge in [-0.2, -0.15) is 0 Å². The molecule has 0 bridgehead atoms. The van der Waals surface area contributed by atoms with Gasteiger partial charge < -0.3 is 15.4 Å². The molecule has 1 saturated heterocycles. The van der Waals surface area contributed by atoms with E-state index in [0.717, 1.165) is 11.1 Å². The number of alkyl carbamates (subject to hydrolysis) is 1. The highest BCUT2D eigenvalue weighted by Gasteiger charge is 2.39. The summed E-state index contributed by atoms with van der Waals surface area (Å²) in [4.78, 5) is 23.5. The Labute approximate surface area is 140 Å². The summed E-state index contributed by atoms with van der Waals surface area (Å²) in [6, 6.07) is 18.3. The summed E-state index contributed by atoms with van der Waals surface area (Å²) in [5, 5.41) is 5.34. The van der Waals surface area contributed by atoms with Gasteiger partial charge in [-0.1, -0.05) is 72.8 Å². The number of nitrogens with one attached hydrogen (secondary N) is 2. The van der Waals surface area contributed by atoms with Crippen molar-refractivity contribution in [3.63, 3.8) is 0 Å². The van der Waals surface area contributed by atoms with Crippen molar-refractivity contribution in [3.8, 4) is 0 Å². The van der Waals surface area contributed by atoms with Gasteiger partial charge in [0, 0.05) is 0 Å². The van der Waals surface area contributed by atoms with Crippen LogP contribution in [0.15, 0.2) is 66.7 Å². The molecule has 0 saturated carbocycles. The van der Waals surface area contributed by atoms with E-state index in [2.05, 4.69) is 10.6 Å². The quantitative estimate of drug-likeness (QED) is 0.831. The highest BCUT2D eigenvalue weighted by molar-refractivity contribution is 5.93. The van der Waals surface area contributed by atoms with Crippen molar-refractivity contribution in [2.75, 3.05) is 0 Å². The lowest BCUT2D eigenvalue weighted by Gasteiger charge is -2.34. The van der Waals surface area contributed by atoms with Crippen LogP contribution in [0.4, 0.5) is 4.79 Å². The molecule has 24 heavy (non-hydrogen) atoms. The highest BCUT2D eigenvalue weighted by atomic mass is 16.5. The van der Waals surface area contributed by atoms with E-state index in [1.807, 2.05) is 72.8 Å². The molecule has 0 aliphatic carbocycles. The largest absolute Gasteiger partial charge is 0.445 e. The van der Waals surface area contributed by atoms with Crippen LogP contribution in [-0.4, -0.2) is 24.1 Å². The predicted octanol–water partition coefficient (Wildman–Crippen LogP) is 2.49. The van der Waals surface area contributed by atoms with Crippen molar-refractivity contribution >= 4 is 18.1 Å². The molecule has 5 heteroatoms. The molecule has 2 amide bonds. The van der Waals surface area contributed by atoms with Gasteiger partial charge in [0.05, 0.1) is 6.04 Å².